The second-order valence-electron chi connectivity index (χ2n) is 5.17. The van der Waals surface area contributed by atoms with Crippen molar-refractivity contribution in [3.8, 4) is 0 Å². The van der Waals surface area contributed by atoms with Crippen molar-refractivity contribution in [1.29, 1.82) is 0 Å². The standard InChI is InChI=1S/C17H20N3/c1-2-4-15(5-3-1)6-7-16-8-9-17(19-14-16)20-12-10-18-11-13-20/h1-2,4-5,8-9,14,18H,6-7,10-13H2. The third-order valence-corrected chi connectivity index (χ3v) is 3.72. The van der Waals surface area contributed by atoms with E-state index in [1.54, 1.807) is 0 Å². The lowest BCUT2D eigenvalue weighted by Crippen LogP contribution is -2.43. The molecular weight excluding hydrogens is 246 g/mol. The number of anilines is 1. The van der Waals surface area contributed by atoms with Gasteiger partial charge in [0.05, 0.1) is 0 Å². The molecule has 1 saturated heterocycles. The summed E-state index contributed by atoms with van der Waals surface area (Å²) in [6.45, 7) is 4.19. The highest BCUT2D eigenvalue weighted by Crippen LogP contribution is 2.13. The Balaban J connectivity index is 1.58. The van der Waals surface area contributed by atoms with Gasteiger partial charge in [-0.2, -0.15) is 0 Å². The summed E-state index contributed by atoms with van der Waals surface area (Å²) >= 11 is 0. The van der Waals surface area contributed by atoms with E-state index < -0.39 is 0 Å². The van der Waals surface area contributed by atoms with Crippen LogP contribution in [0.4, 0.5) is 5.82 Å². The molecule has 1 radical (unpaired) electrons. The molecule has 0 saturated carbocycles. The maximum absolute atomic E-state index is 4.60. The lowest BCUT2D eigenvalue weighted by atomic mass is 10.1. The monoisotopic (exact) mass is 266 g/mol. The molecule has 1 fully saturated rings. The van der Waals surface area contributed by atoms with E-state index in [2.05, 4.69) is 45.5 Å². The Labute approximate surface area is 120 Å². The first-order chi connectivity index (χ1) is 9.92. The van der Waals surface area contributed by atoms with Crippen molar-refractivity contribution in [2.24, 2.45) is 0 Å². The van der Waals surface area contributed by atoms with E-state index in [4.69, 9.17) is 0 Å². The number of aryl methyl sites for hydroxylation is 2. The van der Waals surface area contributed by atoms with Gasteiger partial charge in [0.1, 0.15) is 5.82 Å². The van der Waals surface area contributed by atoms with Crippen LogP contribution in [0, 0.1) is 6.07 Å². The molecule has 0 aliphatic carbocycles. The molecule has 0 atom stereocenters. The van der Waals surface area contributed by atoms with E-state index >= 15 is 0 Å². The highest BCUT2D eigenvalue weighted by Gasteiger charge is 2.10. The number of aromatic nitrogens is 1. The molecule has 1 aromatic heterocycles. The van der Waals surface area contributed by atoms with Crippen LogP contribution in [0.1, 0.15) is 11.1 Å². The highest BCUT2D eigenvalue weighted by molar-refractivity contribution is 5.40. The van der Waals surface area contributed by atoms with Crippen molar-refractivity contribution in [3.63, 3.8) is 0 Å². The van der Waals surface area contributed by atoms with E-state index in [0.29, 0.717) is 0 Å². The number of benzene rings is 1. The average Bonchev–Trinajstić information content (AvgIpc) is 2.55. The van der Waals surface area contributed by atoms with E-state index in [9.17, 15) is 0 Å². The van der Waals surface area contributed by atoms with E-state index in [-0.39, 0.29) is 0 Å². The normalized spacial score (nSPS) is 15.3. The lowest BCUT2D eigenvalue weighted by molar-refractivity contribution is 0.585. The van der Waals surface area contributed by atoms with Gasteiger partial charge in [-0.15, -0.1) is 0 Å². The smallest absolute Gasteiger partial charge is 0.128 e. The minimum absolute atomic E-state index is 1.03. The Kier molecular flexibility index (Phi) is 4.28. The average molecular weight is 266 g/mol. The molecular formula is C17H20N3. The highest BCUT2D eigenvalue weighted by atomic mass is 15.2. The Morgan fingerprint density at radius 1 is 1.10 bits per heavy atom. The van der Waals surface area contributed by atoms with Crippen LogP contribution in [0.3, 0.4) is 0 Å². The first kappa shape index (κ1) is 13.1. The van der Waals surface area contributed by atoms with E-state index in [1.807, 2.05) is 18.3 Å². The Bertz CT molecular complexity index is 516. The molecule has 0 bridgehead atoms. The van der Waals surface area contributed by atoms with Crippen molar-refractivity contribution < 1.29 is 0 Å². The van der Waals surface area contributed by atoms with Gasteiger partial charge in [0.15, 0.2) is 0 Å². The summed E-state index contributed by atoms with van der Waals surface area (Å²) in [5.41, 5.74) is 2.63. The molecule has 0 spiro atoms. The quantitative estimate of drug-likeness (QED) is 0.918. The van der Waals surface area contributed by atoms with Crippen LogP contribution in [-0.4, -0.2) is 31.2 Å². The van der Waals surface area contributed by atoms with E-state index in [1.165, 1.54) is 11.1 Å². The maximum Gasteiger partial charge on any atom is 0.128 e. The first-order valence-electron chi connectivity index (χ1n) is 7.27. The Morgan fingerprint density at radius 2 is 1.95 bits per heavy atom. The molecule has 0 unspecified atom stereocenters. The molecule has 3 rings (SSSR count). The third kappa shape index (κ3) is 3.36. The van der Waals surface area contributed by atoms with Crippen LogP contribution in [0.5, 0.6) is 0 Å². The summed E-state index contributed by atoms with van der Waals surface area (Å²) in [6, 6.07) is 15.7. The molecule has 2 heterocycles. The summed E-state index contributed by atoms with van der Waals surface area (Å²) in [4.78, 5) is 6.94. The minimum atomic E-state index is 1.03. The first-order valence-corrected chi connectivity index (χ1v) is 7.27. The SMILES string of the molecule is [c]1cccc(CCc2ccc(N3CCNCC3)nc2)c1. The van der Waals surface area contributed by atoms with Crippen molar-refractivity contribution in [3.05, 3.63) is 59.8 Å². The third-order valence-electron chi connectivity index (χ3n) is 3.72. The Morgan fingerprint density at radius 3 is 2.65 bits per heavy atom. The predicted octanol–water partition coefficient (Wildman–Crippen LogP) is 2.08. The number of nitrogens with one attached hydrogen (secondary N) is 1. The predicted molar refractivity (Wildman–Crippen MR) is 82.0 cm³/mol. The molecule has 1 aliphatic heterocycles. The molecule has 1 N–H and O–H groups in total. The zero-order valence-electron chi connectivity index (χ0n) is 11.7. The van der Waals surface area contributed by atoms with Crippen LogP contribution in [0.15, 0.2) is 42.6 Å². The van der Waals surface area contributed by atoms with E-state index in [0.717, 1.165) is 44.8 Å². The zero-order valence-corrected chi connectivity index (χ0v) is 11.7. The summed E-state index contributed by atoms with van der Waals surface area (Å²) in [7, 11) is 0. The number of nitrogens with zero attached hydrogens (tertiary/aromatic N) is 2. The van der Waals surface area contributed by atoms with Gasteiger partial charge in [-0.1, -0.05) is 30.3 Å². The van der Waals surface area contributed by atoms with Gasteiger partial charge in [-0.05, 0) is 36.1 Å². The molecule has 1 aromatic carbocycles. The van der Waals surface area contributed by atoms with Crippen molar-refractivity contribution >= 4 is 5.82 Å². The van der Waals surface area contributed by atoms with Gasteiger partial charge < -0.3 is 10.2 Å². The van der Waals surface area contributed by atoms with Crippen LogP contribution in [0.2, 0.25) is 0 Å². The van der Waals surface area contributed by atoms with Gasteiger partial charge in [-0.3, -0.25) is 0 Å². The number of piperazine rings is 1. The minimum Gasteiger partial charge on any atom is -0.354 e. The van der Waals surface area contributed by atoms with Crippen molar-refractivity contribution in [1.82, 2.24) is 10.3 Å². The summed E-state index contributed by atoms with van der Waals surface area (Å²) in [6.07, 6.45) is 4.10. The van der Waals surface area contributed by atoms with Gasteiger partial charge in [0.2, 0.25) is 0 Å². The largest absolute Gasteiger partial charge is 0.354 e. The summed E-state index contributed by atoms with van der Waals surface area (Å²) < 4.78 is 0. The second kappa shape index (κ2) is 6.53. The topological polar surface area (TPSA) is 28.2 Å². The fourth-order valence-corrected chi connectivity index (χ4v) is 2.52. The van der Waals surface area contributed by atoms with Crippen LogP contribution < -0.4 is 10.2 Å². The van der Waals surface area contributed by atoms with Crippen LogP contribution in [-0.2, 0) is 12.8 Å². The fraction of sp³-hybridized carbons (Fsp3) is 0.353. The maximum atomic E-state index is 4.60. The van der Waals surface area contributed by atoms with Crippen molar-refractivity contribution in [2.45, 2.75) is 12.8 Å². The Hall–Kier alpha value is -1.87. The van der Waals surface area contributed by atoms with Crippen LogP contribution >= 0.6 is 0 Å². The molecule has 2 aromatic rings. The lowest BCUT2D eigenvalue weighted by Gasteiger charge is -2.28. The summed E-state index contributed by atoms with van der Waals surface area (Å²) in [5.74, 6) is 1.10. The van der Waals surface area contributed by atoms with Gasteiger partial charge in [0.25, 0.3) is 0 Å². The fourth-order valence-electron chi connectivity index (χ4n) is 2.52. The summed E-state index contributed by atoms with van der Waals surface area (Å²) in [5, 5.41) is 3.36. The molecule has 3 heteroatoms. The van der Waals surface area contributed by atoms with Gasteiger partial charge in [-0.25, -0.2) is 4.98 Å². The second-order valence-corrected chi connectivity index (χ2v) is 5.17. The van der Waals surface area contributed by atoms with Crippen molar-refractivity contribution in [2.75, 3.05) is 31.1 Å². The van der Waals surface area contributed by atoms with Gasteiger partial charge in [0, 0.05) is 32.4 Å². The number of rotatable bonds is 4. The molecule has 1 aliphatic rings. The molecule has 20 heavy (non-hydrogen) atoms. The number of hydrogen-bond acceptors (Lipinski definition) is 3. The number of pyridine rings is 1. The number of hydrogen-bond donors (Lipinski definition) is 1. The van der Waals surface area contributed by atoms with Crippen LogP contribution in [0.25, 0.3) is 0 Å². The molecule has 3 nitrogen and oxygen atoms in total. The zero-order chi connectivity index (χ0) is 13.6. The molecule has 0 amide bonds. The van der Waals surface area contributed by atoms with Gasteiger partial charge >= 0.3 is 0 Å². The molecule has 103 valence electrons.